The van der Waals surface area contributed by atoms with Crippen LogP contribution >= 0.6 is 137 Å². The van der Waals surface area contributed by atoms with Crippen molar-refractivity contribution in [1.29, 1.82) is 0 Å². The summed E-state index contributed by atoms with van der Waals surface area (Å²) in [5, 5.41) is 17.0. The predicted octanol–water partition coefficient (Wildman–Crippen LogP) is 28.1. The van der Waals surface area contributed by atoms with Crippen LogP contribution in [0.5, 0.6) is 0 Å². The fourth-order valence-electron chi connectivity index (χ4n) is 14.8. The average molecular weight is 2420 g/mol. The molecule has 5 aromatic heterocycles. The summed E-state index contributed by atoms with van der Waals surface area (Å²) in [6.45, 7) is 9.63. The molecule has 4 amide bonds. The average Bonchev–Trinajstić information content (AvgIpc) is 1.69. The zero-order valence-corrected chi connectivity index (χ0v) is 91.7. The summed E-state index contributed by atoms with van der Waals surface area (Å²) in [5.41, 5.74) is 19.4. The molecule has 15 rings (SSSR count). The Balaban J connectivity index is 0.000000246. The number of quaternary nitrogens is 1. The Labute approximate surface area is 920 Å². The van der Waals surface area contributed by atoms with Gasteiger partial charge in [0.15, 0.2) is 25.7 Å². The van der Waals surface area contributed by atoms with E-state index in [9.17, 15) is 58.7 Å². The number of nitrogens with two attached hydrogens (primary N) is 2. The number of alkyl halides is 10. The van der Waals surface area contributed by atoms with Gasteiger partial charge in [-0.2, -0.15) is 39.5 Å². The number of likely N-dealkylation sites (N-methyl/N-ethyl adjacent to an activating group) is 1. The minimum atomic E-state index is -4.58. The van der Waals surface area contributed by atoms with Crippen molar-refractivity contribution in [2.24, 2.45) is 11.5 Å². The molecule has 0 aliphatic rings. The summed E-state index contributed by atoms with van der Waals surface area (Å²) in [6, 6.07) is 66.1. The maximum atomic E-state index is 13.9. The minimum absolute atomic E-state index is 0. The van der Waals surface area contributed by atoms with Crippen LogP contribution in [0.25, 0.3) is 56.3 Å². The zero-order chi connectivity index (χ0) is 104. The van der Waals surface area contributed by atoms with Crippen LogP contribution in [0.1, 0.15) is 86.6 Å². The van der Waals surface area contributed by atoms with Crippen LogP contribution in [0.15, 0.2) is 270 Å². The SMILES string of the molecule is C.CI.CN(CCN)CCN.Cc1cccc(N(C(=O)CCCN(C)CCCC(=O)N(c2cccc(C(F)(F)F)c2)c2nc(-c3cccc(Cl)c3)cs2)c2nc(-c3cccc(Cl)c3)cs2)c1.Cc1cccc(N(C(=O)CCC[N+](C)(C)CCCC(=O)N(c2cccc(C(F)(F)F)c2)c2nc(-c3cccc(Cl)c3)cs2)c2nc(-c3cccc(Cl)c3)cs2)c1.FC(F)(F)c1cccc(Nc2nc(-c3cccc(Cl)c3)cs2)c1.[I-]. The van der Waals surface area contributed by atoms with Crippen LogP contribution in [-0.4, -0.2) is 148 Å². The summed E-state index contributed by atoms with van der Waals surface area (Å²) in [4.78, 5) is 90.6. The molecular weight excluding hydrogens is 2310 g/mol. The largest absolute Gasteiger partial charge is 1.00 e. The third-order valence-corrected chi connectivity index (χ3v) is 27.1. The number of nitrogens with zero attached hydrogens (tertiary/aromatic N) is 12. The van der Waals surface area contributed by atoms with Gasteiger partial charge in [0.05, 0.1) is 95.1 Å². The summed E-state index contributed by atoms with van der Waals surface area (Å²) < 4.78 is 121. The number of aromatic nitrogens is 5. The van der Waals surface area contributed by atoms with Crippen molar-refractivity contribution in [3.63, 3.8) is 0 Å². The molecule has 0 atom stereocenters. The molecule has 772 valence electrons. The second kappa shape index (κ2) is 57.2. The molecule has 0 fully saturated rings. The number of anilines is 10. The number of nitrogens with one attached hydrogen (secondary N) is 1. The number of benzene rings is 10. The van der Waals surface area contributed by atoms with Crippen LogP contribution in [0.4, 0.5) is 93.6 Å². The molecule has 0 bridgehead atoms. The lowest BCUT2D eigenvalue weighted by Crippen LogP contribution is -3.00. The fourth-order valence-corrected chi connectivity index (χ4v) is 19.9. The van der Waals surface area contributed by atoms with E-state index in [4.69, 9.17) is 79.4 Å². The van der Waals surface area contributed by atoms with E-state index in [1.54, 1.807) is 87.3 Å². The molecule has 0 saturated heterocycles. The van der Waals surface area contributed by atoms with E-state index in [2.05, 4.69) is 47.8 Å². The van der Waals surface area contributed by atoms with Crippen LogP contribution in [0.3, 0.4) is 0 Å². The summed E-state index contributed by atoms with van der Waals surface area (Å²) in [7, 11) is 8.00. The number of hydrogen-bond donors (Lipinski definition) is 3. The molecule has 0 aliphatic carbocycles. The molecule has 5 N–H and O–H groups in total. The van der Waals surface area contributed by atoms with Gasteiger partial charge in [-0.3, -0.25) is 38.8 Å². The lowest BCUT2D eigenvalue weighted by atomic mass is 10.1. The summed E-state index contributed by atoms with van der Waals surface area (Å²) >= 11 is 39.3. The van der Waals surface area contributed by atoms with Gasteiger partial charge < -0.3 is 55.0 Å². The highest BCUT2D eigenvalue weighted by molar-refractivity contribution is 14.1. The van der Waals surface area contributed by atoms with Crippen molar-refractivity contribution in [2.45, 2.75) is 91.2 Å². The first-order valence-corrected chi connectivity index (χ1v) is 53.5. The Morgan fingerprint density at radius 3 is 0.911 bits per heavy atom. The van der Waals surface area contributed by atoms with Gasteiger partial charge in [0.2, 0.25) is 23.6 Å². The smallest absolute Gasteiger partial charge is 0.416 e. The van der Waals surface area contributed by atoms with E-state index < -0.39 is 35.2 Å². The lowest BCUT2D eigenvalue weighted by molar-refractivity contribution is -0.890. The molecule has 0 unspecified atom stereocenters. The van der Waals surface area contributed by atoms with Crippen LogP contribution in [0, 0.1) is 13.8 Å². The molecule has 19 nitrogen and oxygen atoms in total. The summed E-state index contributed by atoms with van der Waals surface area (Å²) in [5.74, 6) is -0.946. The highest BCUT2D eigenvalue weighted by Gasteiger charge is 2.36. The third-order valence-electron chi connectivity index (χ3n) is 21.9. The number of amides is 4. The Bertz CT molecular complexity index is 6770. The molecule has 0 saturated carbocycles. The van der Waals surface area contributed by atoms with Gasteiger partial charge >= 0.3 is 18.5 Å². The normalized spacial score (nSPS) is 11.3. The zero-order valence-electron chi connectivity index (χ0n) is 79.5. The molecular formula is C106H107Cl5F9I2N15O4S5. The van der Waals surface area contributed by atoms with Crippen molar-refractivity contribution in [1.82, 2.24) is 34.7 Å². The maximum Gasteiger partial charge on any atom is 0.416 e. The predicted molar refractivity (Wildman–Crippen MR) is 590 cm³/mol. The molecule has 5 heterocycles. The van der Waals surface area contributed by atoms with Gasteiger partial charge in [-0.15, -0.1) is 56.7 Å². The number of thiazole rings is 5. The molecule has 0 spiro atoms. The molecule has 0 radical (unpaired) electrons. The standard InChI is InChI=1S/C42H39Cl2F3N5O2S2.C41H36Cl2F3N5O2S2.C16H10ClF3N2S.C5H15N3.CH3I.CH4.HI/c1-28-10-4-16-34(22-28)50(40-48-36(26-55-40)29-11-5-14-32(43)23-29)38(53)18-8-20-52(2,3)21-9-19-39(54)51(35-17-7-13-31(25-35)42(45,46)47)41-49-37(27-56-41)30-12-6-15-33(44)24-30;1-27-9-3-15-33(21-27)50(39-47-35(25-54-39)28-10-4-13-31(42)22-28)37(52)17-7-19-49(2)20-8-18-38(53)51(34-16-6-12-30(24-34)41(44,45)46)40-48-36(26-55-40)29-11-5-14-32(43)23-29;17-12-5-1-3-10(7-12)14-9-23-15(22-14)21-13-6-2-4-11(8-13)16(18,19)20;1-8(4-2-6)5-3-7;1-2;;/h4-7,10-17,22-27H,8-9,18-21H2,1-3H3;3-6,9-16,21-26H,7-8,17-20H2,1-2H3;1-9H,(H,21,22);2-7H2,1H3;1H3;1H4;1H/q+1;;;;;;/p-1. The molecule has 10 aromatic carbocycles. The number of halogens is 16. The number of rotatable bonds is 35. The number of aryl methyl sites for hydroxylation is 2. The Morgan fingerprint density at radius 2 is 0.616 bits per heavy atom. The van der Waals surface area contributed by atoms with Crippen molar-refractivity contribution < 1.29 is 87.2 Å². The second-order valence-electron chi connectivity index (χ2n) is 33.5. The van der Waals surface area contributed by atoms with Gasteiger partial charge in [-0.05, 0) is 209 Å². The second-order valence-corrected chi connectivity index (χ2v) is 39.9. The monoisotopic (exact) mass is 2410 g/mol. The fraction of sp³-hybridized carbons (Fsp3) is 0.255. The topological polar surface area (TPSA) is 216 Å². The number of carbonyl (C=O) groups excluding carboxylic acids is 4. The Hall–Kier alpha value is -9.89. The number of carbonyl (C=O) groups is 4. The highest BCUT2D eigenvalue weighted by atomic mass is 127. The van der Waals surface area contributed by atoms with Crippen molar-refractivity contribution >= 4 is 215 Å². The van der Waals surface area contributed by atoms with E-state index in [0.717, 1.165) is 136 Å². The Morgan fingerprint density at radius 1 is 0.356 bits per heavy atom. The third kappa shape index (κ3) is 35.9. The van der Waals surface area contributed by atoms with Crippen LogP contribution in [-0.2, 0) is 37.7 Å². The molecule has 40 heteroatoms. The van der Waals surface area contributed by atoms with E-state index in [0.29, 0.717) is 120 Å². The van der Waals surface area contributed by atoms with Crippen molar-refractivity contribution in [2.75, 3.05) is 110 Å². The van der Waals surface area contributed by atoms with E-state index in [1.807, 2.05) is 177 Å². The van der Waals surface area contributed by atoms with Gasteiger partial charge in [0.1, 0.15) is 0 Å². The first-order chi connectivity index (χ1) is 68.7. The highest BCUT2D eigenvalue weighted by Crippen LogP contribution is 2.44. The molecule has 15 aromatic rings. The van der Waals surface area contributed by atoms with Gasteiger partial charge in [-0.1, -0.05) is 191 Å². The van der Waals surface area contributed by atoms with Crippen LogP contribution in [0.2, 0.25) is 25.1 Å². The Kier molecular flexibility index (Phi) is 46.9. The molecule has 146 heavy (non-hydrogen) atoms. The van der Waals surface area contributed by atoms with E-state index >= 15 is 0 Å². The maximum absolute atomic E-state index is 13.9. The van der Waals surface area contributed by atoms with Crippen molar-refractivity contribution in [3.8, 4) is 56.3 Å². The van der Waals surface area contributed by atoms with E-state index in [1.165, 1.54) is 85.5 Å². The number of hydrogen-bond acceptors (Lipinski definition) is 19. The van der Waals surface area contributed by atoms with Crippen molar-refractivity contribution in [3.05, 3.63) is 322 Å². The first-order valence-electron chi connectivity index (χ1n) is 45.0. The lowest BCUT2D eigenvalue weighted by Gasteiger charge is -2.30. The summed E-state index contributed by atoms with van der Waals surface area (Å²) in [6.07, 6.45) is -10.8. The van der Waals surface area contributed by atoms with Gasteiger partial charge in [0, 0.05) is 150 Å². The minimum Gasteiger partial charge on any atom is -1.00 e. The van der Waals surface area contributed by atoms with Gasteiger partial charge in [0.25, 0.3) is 0 Å². The van der Waals surface area contributed by atoms with Crippen LogP contribution < -0.4 is 60.4 Å². The van der Waals surface area contributed by atoms with E-state index in [-0.39, 0.29) is 102 Å². The quantitative estimate of drug-likeness (QED) is 0.0146. The van der Waals surface area contributed by atoms with Gasteiger partial charge in [-0.25, -0.2) is 24.9 Å². The first kappa shape index (κ1) is 120. The molecule has 0 aliphatic heterocycles.